The Balaban J connectivity index is 1.96. The zero-order chi connectivity index (χ0) is 17.3. The van der Waals surface area contributed by atoms with Gasteiger partial charge in [-0.25, -0.2) is 4.79 Å². The molecule has 0 bridgehead atoms. The minimum absolute atomic E-state index is 0.0262. The first-order valence-corrected chi connectivity index (χ1v) is 7.57. The van der Waals surface area contributed by atoms with E-state index in [1.807, 2.05) is 0 Å². The van der Waals surface area contributed by atoms with E-state index >= 15 is 0 Å². The van der Waals surface area contributed by atoms with Crippen LogP contribution in [0.4, 0.5) is 18.0 Å². The maximum atomic E-state index is 13.2. The Morgan fingerprint density at radius 2 is 1.96 bits per heavy atom. The average molecular weight is 338 g/mol. The fourth-order valence-corrected chi connectivity index (χ4v) is 2.92. The van der Waals surface area contributed by atoms with Gasteiger partial charge in [0.2, 0.25) is 0 Å². The van der Waals surface area contributed by atoms with Gasteiger partial charge in [0.25, 0.3) is 0 Å². The minimum Gasteiger partial charge on any atom is -0.481 e. The lowest BCUT2D eigenvalue weighted by Gasteiger charge is -2.37. The SMILES string of the molecule is CC1(C(=O)O)CCN(C(=O)NC(C2CCOC2)C(F)(F)F)CC1. The van der Waals surface area contributed by atoms with E-state index in [0.717, 1.165) is 0 Å². The lowest BCUT2D eigenvalue weighted by atomic mass is 9.80. The van der Waals surface area contributed by atoms with Crippen molar-refractivity contribution in [2.24, 2.45) is 11.3 Å². The Morgan fingerprint density at radius 3 is 2.39 bits per heavy atom. The molecule has 2 fully saturated rings. The molecule has 0 aromatic rings. The zero-order valence-electron chi connectivity index (χ0n) is 12.9. The molecule has 0 aromatic carbocycles. The molecule has 0 aliphatic carbocycles. The van der Waals surface area contributed by atoms with Crippen molar-refractivity contribution in [3.63, 3.8) is 0 Å². The van der Waals surface area contributed by atoms with Crippen molar-refractivity contribution in [2.75, 3.05) is 26.3 Å². The first-order valence-electron chi connectivity index (χ1n) is 7.57. The third-order valence-electron chi connectivity index (χ3n) is 4.74. The van der Waals surface area contributed by atoms with Crippen LogP contribution in [0.25, 0.3) is 0 Å². The highest BCUT2D eigenvalue weighted by molar-refractivity contribution is 5.77. The molecule has 0 radical (unpaired) electrons. The summed E-state index contributed by atoms with van der Waals surface area (Å²) in [5.74, 6) is -1.73. The Kier molecular flexibility index (Phi) is 5.07. The van der Waals surface area contributed by atoms with Gasteiger partial charge in [0.15, 0.2) is 0 Å². The molecule has 2 rings (SSSR count). The van der Waals surface area contributed by atoms with Crippen LogP contribution in [0.3, 0.4) is 0 Å². The first-order chi connectivity index (χ1) is 10.6. The van der Waals surface area contributed by atoms with Gasteiger partial charge in [-0.3, -0.25) is 4.79 Å². The molecule has 2 saturated heterocycles. The highest BCUT2D eigenvalue weighted by Crippen LogP contribution is 2.33. The number of rotatable bonds is 3. The molecule has 9 heteroatoms. The quantitative estimate of drug-likeness (QED) is 0.823. The smallest absolute Gasteiger partial charge is 0.409 e. The van der Waals surface area contributed by atoms with E-state index in [1.165, 1.54) is 4.90 Å². The van der Waals surface area contributed by atoms with Gasteiger partial charge in [0, 0.05) is 25.6 Å². The zero-order valence-corrected chi connectivity index (χ0v) is 12.9. The van der Waals surface area contributed by atoms with Crippen LogP contribution < -0.4 is 5.32 Å². The monoisotopic (exact) mass is 338 g/mol. The van der Waals surface area contributed by atoms with E-state index in [2.05, 4.69) is 5.32 Å². The highest BCUT2D eigenvalue weighted by atomic mass is 19.4. The maximum Gasteiger partial charge on any atom is 0.409 e. The second kappa shape index (κ2) is 6.54. The number of likely N-dealkylation sites (tertiary alicyclic amines) is 1. The number of alkyl halides is 3. The molecule has 2 aliphatic heterocycles. The highest BCUT2D eigenvalue weighted by Gasteiger charge is 2.47. The number of nitrogens with zero attached hydrogens (tertiary/aromatic N) is 1. The van der Waals surface area contributed by atoms with Crippen LogP contribution in [0.2, 0.25) is 0 Å². The van der Waals surface area contributed by atoms with Gasteiger partial charge < -0.3 is 20.1 Å². The molecule has 0 spiro atoms. The number of carbonyl (C=O) groups excluding carboxylic acids is 1. The summed E-state index contributed by atoms with van der Waals surface area (Å²) in [6, 6.07) is -2.74. The van der Waals surface area contributed by atoms with Gasteiger partial charge in [-0.1, -0.05) is 0 Å². The van der Waals surface area contributed by atoms with Crippen LogP contribution in [-0.2, 0) is 9.53 Å². The number of ether oxygens (including phenoxy) is 1. The van der Waals surface area contributed by atoms with Crippen molar-refractivity contribution in [3.8, 4) is 0 Å². The van der Waals surface area contributed by atoms with Crippen LogP contribution in [-0.4, -0.2) is 60.5 Å². The number of amides is 2. The van der Waals surface area contributed by atoms with Crippen molar-refractivity contribution >= 4 is 12.0 Å². The number of hydrogen-bond acceptors (Lipinski definition) is 3. The second-order valence-electron chi connectivity index (χ2n) is 6.45. The number of piperidine rings is 1. The van der Waals surface area contributed by atoms with Crippen molar-refractivity contribution in [3.05, 3.63) is 0 Å². The van der Waals surface area contributed by atoms with Crippen molar-refractivity contribution in [1.29, 1.82) is 0 Å². The molecule has 2 atom stereocenters. The summed E-state index contributed by atoms with van der Waals surface area (Å²) in [6.07, 6.45) is -3.85. The summed E-state index contributed by atoms with van der Waals surface area (Å²) in [5, 5.41) is 11.2. The Hall–Kier alpha value is -1.51. The molecule has 23 heavy (non-hydrogen) atoms. The van der Waals surface area contributed by atoms with Crippen molar-refractivity contribution in [2.45, 2.75) is 38.4 Å². The van der Waals surface area contributed by atoms with E-state index in [4.69, 9.17) is 9.84 Å². The van der Waals surface area contributed by atoms with E-state index < -0.39 is 35.6 Å². The molecular formula is C14H21F3N2O4. The van der Waals surface area contributed by atoms with Gasteiger partial charge >= 0.3 is 18.2 Å². The number of urea groups is 1. The van der Waals surface area contributed by atoms with Gasteiger partial charge in [0.05, 0.1) is 12.0 Å². The molecule has 2 aliphatic rings. The molecule has 2 unspecified atom stereocenters. The number of nitrogens with one attached hydrogen (secondary N) is 1. The third-order valence-corrected chi connectivity index (χ3v) is 4.74. The fraction of sp³-hybridized carbons (Fsp3) is 0.857. The van der Waals surface area contributed by atoms with Crippen LogP contribution in [0.5, 0.6) is 0 Å². The van der Waals surface area contributed by atoms with Gasteiger partial charge in [-0.15, -0.1) is 0 Å². The molecular weight excluding hydrogens is 317 g/mol. The summed E-state index contributed by atoms with van der Waals surface area (Å²) >= 11 is 0. The Bertz CT molecular complexity index is 455. The predicted molar refractivity (Wildman–Crippen MR) is 73.9 cm³/mol. The fourth-order valence-electron chi connectivity index (χ4n) is 2.92. The second-order valence-corrected chi connectivity index (χ2v) is 6.45. The number of carbonyl (C=O) groups is 2. The Morgan fingerprint density at radius 1 is 1.35 bits per heavy atom. The minimum atomic E-state index is -4.54. The van der Waals surface area contributed by atoms with Crippen LogP contribution in [0.1, 0.15) is 26.2 Å². The lowest BCUT2D eigenvalue weighted by Crippen LogP contribution is -2.56. The summed E-state index contributed by atoms with van der Waals surface area (Å²) < 4.78 is 44.5. The molecule has 6 nitrogen and oxygen atoms in total. The molecule has 2 N–H and O–H groups in total. The van der Waals surface area contributed by atoms with Crippen LogP contribution in [0, 0.1) is 11.3 Å². The number of aliphatic carboxylic acids is 1. The van der Waals surface area contributed by atoms with Gasteiger partial charge in [-0.2, -0.15) is 13.2 Å². The van der Waals surface area contributed by atoms with Gasteiger partial charge in [0.1, 0.15) is 6.04 Å². The third kappa shape index (κ3) is 4.07. The number of hydrogen-bond donors (Lipinski definition) is 2. The summed E-state index contributed by atoms with van der Waals surface area (Å²) in [7, 11) is 0. The number of carboxylic acid groups (broad SMARTS) is 1. The van der Waals surface area contributed by atoms with Crippen LogP contribution in [0.15, 0.2) is 0 Å². The van der Waals surface area contributed by atoms with E-state index in [1.54, 1.807) is 6.92 Å². The summed E-state index contributed by atoms with van der Waals surface area (Å²) in [4.78, 5) is 24.5. The van der Waals surface area contributed by atoms with Crippen molar-refractivity contribution in [1.82, 2.24) is 10.2 Å². The van der Waals surface area contributed by atoms with E-state index in [0.29, 0.717) is 0 Å². The molecule has 0 saturated carbocycles. The van der Waals surface area contributed by atoms with Gasteiger partial charge in [-0.05, 0) is 26.2 Å². The largest absolute Gasteiger partial charge is 0.481 e. The normalized spacial score (nSPS) is 25.9. The topological polar surface area (TPSA) is 78.9 Å². The number of carboxylic acids is 1. The van der Waals surface area contributed by atoms with E-state index in [-0.39, 0.29) is 45.6 Å². The first kappa shape index (κ1) is 17.8. The average Bonchev–Trinajstić information content (AvgIpc) is 2.97. The number of halogens is 3. The van der Waals surface area contributed by atoms with Crippen LogP contribution >= 0.6 is 0 Å². The molecule has 132 valence electrons. The molecule has 0 aromatic heterocycles. The summed E-state index contributed by atoms with van der Waals surface area (Å²) in [6.45, 7) is 2.06. The summed E-state index contributed by atoms with van der Waals surface area (Å²) in [5.41, 5.74) is -0.931. The predicted octanol–water partition coefficient (Wildman–Crippen LogP) is 1.85. The molecule has 2 amide bonds. The lowest BCUT2D eigenvalue weighted by molar-refractivity contribution is -0.165. The van der Waals surface area contributed by atoms with E-state index in [9.17, 15) is 22.8 Å². The standard InChI is InChI=1S/C14H21F3N2O4/c1-13(11(20)21)3-5-19(6-4-13)12(22)18-10(14(15,16)17)9-2-7-23-8-9/h9-10H,2-8H2,1H3,(H,18,22)(H,20,21). The maximum absolute atomic E-state index is 13.2. The Labute approximate surface area is 132 Å². The molecule has 2 heterocycles. The van der Waals surface area contributed by atoms with Crippen molar-refractivity contribution < 1.29 is 32.6 Å².